The number of hydrogen-bond acceptors (Lipinski definition) is 3. The molecule has 1 aromatic rings. The molecule has 2 unspecified atom stereocenters. The number of nitrogens with one attached hydrogen (secondary N) is 1. The molecule has 2 atom stereocenters. The molecule has 20 heavy (non-hydrogen) atoms. The number of rotatable bonds is 5. The zero-order valence-electron chi connectivity index (χ0n) is 13.7. The molecular formula is C16H30N4. The Balaban J connectivity index is 2.04. The van der Waals surface area contributed by atoms with Gasteiger partial charge in [0, 0.05) is 37.4 Å². The molecule has 0 aliphatic heterocycles. The molecule has 1 aromatic heterocycles. The van der Waals surface area contributed by atoms with Gasteiger partial charge < -0.3 is 5.32 Å². The van der Waals surface area contributed by atoms with Gasteiger partial charge in [0.05, 0.1) is 6.20 Å². The molecule has 1 fully saturated rings. The first-order chi connectivity index (χ1) is 9.41. The molecule has 2 rings (SSSR count). The van der Waals surface area contributed by atoms with Crippen molar-refractivity contribution in [2.75, 3.05) is 13.6 Å². The van der Waals surface area contributed by atoms with E-state index in [-0.39, 0.29) is 0 Å². The molecule has 1 aliphatic carbocycles. The van der Waals surface area contributed by atoms with Gasteiger partial charge in [0.1, 0.15) is 0 Å². The Morgan fingerprint density at radius 3 is 2.85 bits per heavy atom. The summed E-state index contributed by atoms with van der Waals surface area (Å²) in [5.74, 6) is 0. The minimum absolute atomic E-state index is 0.458. The van der Waals surface area contributed by atoms with E-state index in [9.17, 15) is 0 Å². The van der Waals surface area contributed by atoms with Crippen molar-refractivity contribution < 1.29 is 0 Å². The number of hydrogen-bond donors (Lipinski definition) is 1. The highest BCUT2D eigenvalue weighted by Crippen LogP contribution is 2.37. The van der Waals surface area contributed by atoms with E-state index < -0.39 is 0 Å². The fourth-order valence-corrected chi connectivity index (χ4v) is 3.47. The summed E-state index contributed by atoms with van der Waals surface area (Å²) in [5, 5.41) is 7.95. The second-order valence-corrected chi connectivity index (χ2v) is 7.08. The largest absolute Gasteiger partial charge is 0.313 e. The third-order valence-electron chi connectivity index (χ3n) is 4.58. The van der Waals surface area contributed by atoms with Crippen LogP contribution in [0.3, 0.4) is 0 Å². The van der Waals surface area contributed by atoms with Crippen molar-refractivity contribution in [3.63, 3.8) is 0 Å². The summed E-state index contributed by atoms with van der Waals surface area (Å²) in [6.07, 6.45) is 7.96. The highest BCUT2D eigenvalue weighted by Gasteiger charge is 2.36. The lowest BCUT2D eigenvalue weighted by Gasteiger charge is -2.45. The van der Waals surface area contributed by atoms with Crippen LogP contribution in [0.2, 0.25) is 0 Å². The first kappa shape index (κ1) is 15.5. The maximum absolute atomic E-state index is 4.27. The van der Waals surface area contributed by atoms with Crippen LogP contribution in [0.5, 0.6) is 0 Å². The summed E-state index contributed by atoms with van der Waals surface area (Å²) < 4.78 is 1.88. The number of nitrogens with zero attached hydrogens (tertiary/aromatic N) is 3. The van der Waals surface area contributed by atoms with E-state index in [0.29, 0.717) is 17.5 Å². The van der Waals surface area contributed by atoms with Gasteiger partial charge in [0.2, 0.25) is 0 Å². The van der Waals surface area contributed by atoms with Crippen LogP contribution < -0.4 is 5.32 Å². The minimum Gasteiger partial charge on any atom is -0.313 e. The van der Waals surface area contributed by atoms with Crippen molar-refractivity contribution >= 4 is 0 Å². The van der Waals surface area contributed by atoms with Crippen LogP contribution >= 0.6 is 0 Å². The van der Waals surface area contributed by atoms with E-state index >= 15 is 0 Å². The molecule has 1 heterocycles. The molecule has 4 nitrogen and oxygen atoms in total. The van der Waals surface area contributed by atoms with Gasteiger partial charge in [-0.25, -0.2) is 0 Å². The minimum atomic E-state index is 0.458. The molecule has 0 spiro atoms. The van der Waals surface area contributed by atoms with Crippen LogP contribution in [0, 0.1) is 5.41 Å². The Bertz CT molecular complexity index is 424. The fraction of sp³-hybridized carbons (Fsp3) is 0.812. The normalized spacial score (nSPS) is 26.1. The van der Waals surface area contributed by atoms with Gasteiger partial charge in [-0.2, -0.15) is 5.10 Å². The lowest BCUT2D eigenvalue weighted by Crippen LogP contribution is -2.53. The Morgan fingerprint density at radius 1 is 1.50 bits per heavy atom. The first-order valence-electron chi connectivity index (χ1n) is 7.82. The average Bonchev–Trinajstić information content (AvgIpc) is 2.77. The Kier molecular flexibility index (Phi) is 4.86. The zero-order chi connectivity index (χ0) is 14.8. The van der Waals surface area contributed by atoms with Crippen LogP contribution in [0.1, 0.15) is 45.6 Å². The van der Waals surface area contributed by atoms with Gasteiger partial charge in [0.25, 0.3) is 0 Å². The molecule has 1 saturated carbocycles. The van der Waals surface area contributed by atoms with E-state index in [1.165, 1.54) is 24.8 Å². The smallest absolute Gasteiger partial charge is 0.0534 e. The van der Waals surface area contributed by atoms with Crippen LogP contribution in [0.15, 0.2) is 12.4 Å². The number of aryl methyl sites for hydroxylation is 1. The van der Waals surface area contributed by atoms with Gasteiger partial charge in [-0.1, -0.05) is 20.8 Å². The monoisotopic (exact) mass is 278 g/mol. The van der Waals surface area contributed by atoms with Crippen LogP contribution in [0.4, 0.5) is 0 Å². The highest BCUT2D eigenvalue weighted by atomic mass is 15.2. The van der Waals surface area contributed by atoms with Gasteiger partial charge in [-0.3, -0.25) is 9.58 Å². The lowest BCUT2D eigenvalue weighted by molar-refractivity contribution is 0.0781. The van der Waals surface area contributed by atoms with Gasteiger partial charge in [0.15, 0.2) is 0 Å². The standard InChI is InChI=1S/C16H30N4/c1-6-17-14-7-8-16(2,3)9-15(14)19(4)11-13-10-18-20(5)12-13/h10,12,14-15,17H,6-9,11H2,1-5H3. The van der Waals surface area contributed by atoms with E-state index in [1.807, 2.05) is 17.9 Å². The van der Waals surface area contributed by atoms with Gasteiger partial charge >= 0.3 is 0 Å². The average molecular weight is 278 g/mol. The third kappa shape index (κ3) is 3.83. The summed E-state index contributed by atoms with van der Waals surface area (Å²) in [6, 6.07) is 1.23. The molecule has 0 saturated heterocycles. The molecule has 4 heteroatoms. The molecule has 114 valence electrons. The summed E-state index contributed by atoms with van der Waals surface area (Å²) in [6.45, 7) is 9.05. The lowest BCUT2D eigenvalue weighted by atomic mass is 9.72. The second-order valence-electron chi connectivity index (χ2n) is 7.08. The molecule has 0 bridgehead atoms. The molecule has 1 N–H and O–H groups in total. The first-order valence-corrected chi connectivity index (χ1v) is 7.82. The van der Waals surface area contributed by atoms with E-state index in [1.54, 1.807) is 0 Å². The third-order valence-corrected chi connectivity index (χ3v) is 4.58. The molecular weight excluding hydrogens is 248 g/mol. The fourth-order valence-electron chi connectivity index (χ4n) is 3.47. The molecule has 0 radical (unpaired) electrons. The van der Waals surface area contributed by atoms with Crippen molar-refractivity contribution in [1.82, 2.24) is 20.0 Å². The predicted molar refractivity (Wildman–Crippen MR) is 83.6 cm³/mol. The van der Waals surface area contributed by atoms with Crippen molar-refractivity contribution in [2.24, 2.45) is 12.5 Å². The van der Waals surface area contributed by atoms with Crippen LogP contribution in [-0.2, 0) is 13.6 Å². The number of likely N-dealkylation sites (N-methyl/N-ethyl adjacent to an activating group) is 2. The Hall–Kier alpha value is -0.870. The van der Waals surface area contributed by atoms with Gasteiger partial charge in [-0.05, 0) is 38.3 Å². The van der Waals surface area contributed by atoms with Gasteiger partial charge in [-0.15, -0.1) is 0 Å². The Morgan fingerprint density at radius 2 is 2.25 bits per heavy atom. The SMILES string of the molecule is CCNC1CCC(C)(C)CC1N(C)Cc1cnn(C)c1. The predicted octanol–water partition coefficient (Wildman–Crippen LogP) is 2.41. The molecule has 0 amide bonds. The van der Waals surface area contributed by atoms with Crippen LogP contribution in [-0.4, -0.2) is 40.4 Å². The van der Waals surface area contributed by atoms with E-state index in [0.717, 1.165) is 13.1 Å². The summed E-state index contributed by atoms with van der Waals surface area (Å²) in [7, 11) is 4.23. The van der Waals surface area contributed by atoms with Crippen molar-refractivity contribution in [2.45, 2.75) is 58.7 Å². The van der Waals surface area contributed by atoms with Crippen LogP contribution in [0.25, 0.3) is 0 Å². The quantitative estimate of drug-likeness (QED) is 0.898. The van der Waals surface area contributed by atoms with Crippen molar-refractivity contribution in [3.8, 4) is 0 Å². The topological polar surface area (TPSA) is 33.1 Å². The zero-order valence-corrected chi connectivity index (χ0v) is 13.7. The van der Waals surface area contributed by atoms with Crippen molar-refractivity contribution in [3.05, 3.63) is 18.0 Å². The molecule has 0 aromatic carbocycles. The van der Waals surface area contributed by atoms with E-state index in [4.69, 9.17) is 0 Å². The van der Waals surface area contributed by atoms with E-state index in [2.05, 4.69) is 49.3 Å². The number of aromatic nitrogens is 2. The summed E-state index contributed by atoms with van der Waals surface area (Å²) in [4.78, 5) is 2.51. The maximum Gasteiger partial charge on any atom is 0.0534 e. The second kappa shape index (κ2) is 6.27. The maximum atomic E-state index is 4.27. The summed E-state index contributed by atoms with van der Waals surface area (Å²) >= 11 is 0. The van der Waals surface area contributed by atoms with Crippen molar-refractivity contribution in [1.29, 1.82) is 0 Å². The Labute approximate surface area is 123 Å². The highest BCUT2D eigenvalue weighted by molar-refractivity contribution is 5.04. The molecule has 1 aliphatic rings. The summed E-state index contributed by atoms with van der Waals surface area (Å²) in [5.41, 5.74) is 1.76.